The zero-order valence-corrected chi connectivity index (χ0v) is 14.8. The molecule has 0 saturated carbocycles. The SMILES string of the molecule is CC(CCc1ccco1)NCC1CCN(C(=O)OC(C)(C)C)C1. The molecule has 0 radical (unpaired) electrons. The maximum atomic E-state index is 12.1. The van der Waals surface area contributed by atoms with Gasteiger partial charge in [0.2, 0.25) is 0 Å². The van der Waals surface area contributed by atoms with Gasteiger partial charge < -0.3 is 19.4 Å². The molecule has 1 aromatic rings. The van der Waals surface area contributed by atoms with Gasteiger partial charge in [0.05, 0.1) is 6.26 Å². The zero-order valence-electron chi connectivity index (χ0n) is 14.8. The summed E-state index contributed by atoms with van der Waals surface area (Å²) in [5.41, 5.74) is -0.423. The fourth-order valence-corrected chi connectivity index (χ4v) is 2.78. The molecule has 1 fully saturated rings. The van der Waals surface area contributed by atoms with Gasteiger partial charge in [-0.3, -0.25) is 0 Å². The number of furan rings is 1. The average molecular weight is 322 g/mol. The van der Waals surface area contributed by atoms with Crippen LogP contribution in [0.1, 0.15) is 46.3 Å². The van der Waals surface area contributed by atoms with Gasteiger partial charge in [0.25, 0.3) is 0 Å². The number of hydrogen-bond donors (Lipinski definition) is 1. The molecule has 2 heterocycles. The first kappa shape index (κ1) is 17.9. The van der Waals surface area contributed by atoms with Crippen LogP contribution in [0.4, 0.5) is 4.79 Å². The predicted molar refractivity (Wildman–Crippen MR) is 90.4 cm³/mol. The molecule has 1 saturated heterocycles. The molecular weight excluding hydrogens is 292 g/mol. The Kier molecular flexibility index (Phi) is 6.10. The Bertz CT molecular complexity index is 479. The summed E-state index contributed by atoms with van der Waals surface area (Å²) in [5.74, 6) is 1.55. The van der Waals surface area contributed by atoms with Crippen LogP contribution < -0.4 is 5.32 Å². The van der Waals surface area contributed by atoms with Crippen LogP contribution in [0.25, 0.3) is 0 Å². The minimum atomic E-state index is -0.423. The van der Waals surface area contributed by atoms with Gasteiger partial charge in [0.1, 0.15) is 11.4 Å². The summed E-state index contributed by atoms with van der Waals surface area (Å²) in [6.07, 6.45) is 4.58. The van der Waals surface area contributed by atoms with Crippen molar-refractivity contribution in [3.05, 3.63) is 24.2 Å². The zero-order chi connectivity index (χ0) is 16.9. The fourth-order valence-electron chi connectivity index (χ4n) is 2.78. The van der Waals surface area contributed by atoms with Crippen molar-refractivity contribution in [2.75, 3.05) is 19.6 Å². The first-order valence-electron chi connectivity index (χ1n) is 8.57. The number of nitrogens with zero attached hydrogens (tertiary/aromatic N) is 1. The lowest BCUT2D eigenvalue weighted by atomic mass is 10.1. The number of nitrogens with one attached hydrogen (secondary N) is 1. The summed E-state index contributed by atoms with van der Waals surface area (Å²) in [7, 11) is 0. The maximum absolute atomic E-state index is 12.1. The highest BCUT2D eigenvalue weighted by molar-refractivity contribution is 5.68. The van der Waals surface area contributed by atoms with Gasteiger partial charge in [0.15, 0.2) is 0 Å². The molecular formula is C18H30N2O3. The molecule has 1 aromatic heterocycles. The quantitative estimate of drug-likeness (QED) is 0.871. The van der Waals surface area contributed by atoms with Crippen molar-refractivity contribution < 1.29 is 13.9 Å². The number of likely N-dealkylation sites (tertiary alicyclic amines) is 1. The lowest BCUT2D eigenvalue weighted by molar-refractivity contribution is 0.0288. The first-order chi connectivity index (χ1) is 10.8. The lowest BCUT2D eigenvalue weighted by Crippen LogP contribution is -2.37. The van der Waals surface area contributed by atoms with Gasteiger partial charge in [0, 0.05) is 25.6 Å². The third-order valence-corrected chi connectivity index (χ3v) is 4.10. The number of rotatable bonds is 6. The molecule has 0 aliphatic carbocycles. The topological polar surface area (TPSA) is 54.7 Å². The normalized spacial score (nSPS) is 19.8. The second-order valence-corrected chi connectivity index (χ2v) is 7.51. The van der Waals surface area contributed by atoms with Crippen LogP contribution in [-0.4, -0.2) is 42.3 Å². The van der Waals surface area contributed by atoms with Gasteiger partial charge in [-0.1, -0.05) is 0 Å². The number of carbonyl (C=O) groups excluding carboxylic acids is 1. The molecule has 0 spiro atoms. The van der Waals surface area contributed by atoms with Crippen molar-refractivity contribution in [2.45, 2.75) is 58.6 Å². The third kappa shape index (κ3) is 6.26. The molecule has 1 aliphatic heterocycles. The summed E-state index contributed by atoms with van der Waals surface area (Å²) in [5, 5.41) is 3.57. The number of ether oxygens (including phenoxy) is 1. The number of hydrogen-bond acceptors (Lipinski definition) is 4. The Hall–Kier alpha value is -1.49. The molecule has 5 heteroatoms. The van der Waals surface area contributed by atoms with E-state index in [0.717, 1.165) is 44.7 Å². The summed E-state index contributed by atoms with van der Waals surface area (Å²) in [6.45, 7) is 10.4. The Balaban J connectivity index is 1.64. The van der Waals surface area contributed by atoms with Crippen molar-refractivity contribution in [3.8, 4) is 0 Å². The largest absolute Gasteiger partial charge is 0.469 e. The van der Waals surface area contributed by atoms with Crippen molar-refractivity contribution in [1.82, 2.24) is 10.2 Å². The van der Waals surface area contributed by atoms with Crippen LogP contribution in [0.15, 0.2) is 22.8 Å². The lowest BCUT2D eigenvalue weighted by Gasteiger charge is -2.24. The average Bonchev–Trinajstić information content (AvgIpc) is 3.12. The van der Waals surface area contributed by atoms with E-state index >= 15 is 0 Å². The van der Waals surface area contributed by atoms with E-state index in [1.807, 2.05) is 37.8 Å². The summed E-state index contributed by atoms with van der Waals surface area (Å²) in [6, 6.07) is 4.38. The Morgan fingerprint density at radius 1 is 1.52 bits per heavy atom. The second kappa shape index (κ2) is 7.86. The Morgan fingerprint density at radius 3 is 2.96 bits per heavy atom. The van der Waals surface area contributed by atoms with Crippen molar-refractivity contribution in [2.24, 2.45) is 5.92 Å². The molecule has 1 N–H and O–H groups in total. The molecule has 1 aliphatic rings. The van der Waals surface area contributed by atoms with Gasteiger partial charge in [-0.25, -0.2) is 4.79 Å². The van der Waals surface area contributed by atoms with Crippen LogP contribution in [0.5, 0.6) is 0 Å². The molecule has 0 bridgehead atoms. The molecule has 23 heavy (non-hydrogen) atoms. The summed E-state index contributed by atoms with van der Waals surface area (Å²) < 4.78 is 10.8. The second-order valence-electron chi connectivity index (χ2n) is 7.51. The van der Waals surface area contributed by atoms with Gasteiger partial charge in [-0.2, -0.15) is 0 Å². The van der Waals surface area contributed by atoms with Gasteiger partial charge in [-0.15, -0.1) is 0 Å². The summed E-state index contributed by atoms with van der Waals surface area (Å²) >= 11 is 0. The van der Waals surface area contributed by atoms with Crippen LogP contribution >= 0.6 is 0 Å². The number of amides is 1. The fraction of sp³-hybridized carbons (Fsp3) is 0.722. The molecule has 5 nitrogen and oxygen atoms in total. The van der Waals surface area contributed by atoms with E-state index in [2.05, 4.69) is 12.2 Å². The summed E-state index contributed by atoms with van der Waals surface area (Å²) in [4.78, 5) is 13.9. The standard InChI is InChI=1S/C18H30N2O3/c1-14(7-8-16-6-5-11-22-16)19-12-15-9-10-20(13-15)17(21)23-18(2,3)4/h5-6,11,14-15,19H,7-10,12-13H2,1-4H3. The van der Waals surface area contributed by atoms with Crippen LogP contribution in [0, 0.1) is 5.92 Å². The molecule has 2 atom stereocenters. The van der Waals surface area contributed by atoms with Crippen LogP contribution in [0.2, 0.25) is 0 Å². The van der Waals surface area contributed by atoms with E-state index < -0.39 is 5.60 Å². The van der Waals surface area contributed by atoms with Crippen molar-refractivity contribution in [3.63, 3.8) is 0 Å². The highest BCUT2D eigenvalue weighted by Crippen LogP contribution is 2.19. The Morgan fingerprint density at radius 2 is 2.30 bits per heavy atom. The van der Waals surface area contributed by atoms with Crippen molar-refractivity contribution >= 4 is 6.09 Å². The smallest absolute Gasteiger partial charge is 0.410 e. The van der Waals surface area contributed by atoms with Gasteiger partial charge >= 0.3 is 6.09 Å². The number of aryl methyl sites for hydroxylation is 1. The van der Waals surface area contributed by atoms with E-state index in [0.29, 0.717) is 12.0 Å². The Labute approximate surface area is 139 Å². The van der Waals surface area contributed by atoms with Crippen LogP contribution in [0.3, 0.4) is 0 Å². The maximum Gasteiger partial charge on any atom is 0.410 e. The minimum Gasteiger partial charge on any atom is -0.469 e. The minimum absolute atomic E-state index is 0.189. The van der Waals surface area contributed by atoms with E-state index in [4.69, 9.17) is 9.15 Å². The molecule has 2 rings (SSSR count). The highest BCUT2D eigenvalue weighted by Gasteiger charge is 2.29. The van der Waals surface area contributed by atoms with E-state index in [1.54, 1.807) is 6.26 Å². The van der Waals surface area contributed by atoms with Crippen molar-refractivity contribution in [1.29, 1.82) is 0 Å². The van der Waals surface area contributed by atoms with Crippen LogP contribution in [-0.2, 0) is 11.2 Å². The third-order valence-electron chi connectivity index (χ3n) is 4.10. The molecule has 0 aromatic carbocycles. The van der Waals surface area contributed by atoms with Gasteiger partial charge in [-0.05, 0) is 65.1 Å². The molecule has 2 unspecified atom stereocenters. The predicted octanol–water partition coefficient (Wildman–Crippen LogP) is 3.45. The monoisotopic (exact) mass is 322 g/mol. The highest BCUT2D eigenvalue weighted by atomic mass is 16.6. The first-order valence-corrected chi connectivity index (χ1v) is 8.57. The molecule has 130 valence electrons. The van der Waals surface area contributed by atoms with E-state index in [-0.39, 0.29) is 6.09 Å². The number of carbonyl (C=O) groups is 1. The van der Waals surface area contributed by atoms with E-state index in [9.17, 15) is 4.79 Å². The molecule has 1 amide bonds. The van der Waals surface area contributed by atoms with E-state index in [1.165, 1.54) is 0 Å².